The van der Waals surface area contributed by atoms with Crippen LogP contribution < -0.4 is 21.5 Å². The number of phenolic OH excluding ortho intramolecular Hbond substituents is 1. The van der Waals surface area contributed by atoms with E-state index < -0.39 is 31.5 Å². The Kier molecular flexibility index (Phi) is 7.98. The fraction of sp³-hybridized carbons (Fsp3) is 0.304. The van der Waals surface area contributed by atoms with Crippen molar-refractivity contribution in [3.05, 3.63) is 67.9 Å². The smallest absolute Gasteiger partial charge is 0.253 e. The van der Waals surface area contributed by atoms with E-state index >= 15 is 0 Å². The summed E-state index contributed by atoms with van der Waals surface area (Å²) in [5.74, 6) is -0.638. The fourth-order valence-corrected chi connectivity index (χ4v) is 5.17. The molecule has 0 saturated carbocycles. The van der Waals surface area contributed by atoms with Gasteiger partial charge in [0.15, 0.2) is 5.75 Å². The molecule has 3 N–H and O–H groups in total. The minimum absolute atomic E-state index is 0.0197. The maximum absolute atomic E-state index is 13.2. The van der Waals surface area contributed by atoms with Gasteiger partial charge in [-0.2, -0.15) is 4.31 Å². The Morgan fingerprint density at radius 2 is 1.50 bits per heavy atom. The van der Waals surface area contributed by atoms with E-state index in [2.05, 4.69) is 15.5 Å². The molecule has 0 fully saturated rings. The molecule has 3 rings (SSSR count). The van der Waals surface area contributed by atoms with Gasteiger partial charge < -0.3 is 20.6 Å². The SMILES string of the molecule is CCN(CC)CCN(C)S(=O)(=O)c1c(Cl)ccc(Nc2c(Nc3ccccc3)c(=O)c2=O)c1O. The highest BCUT2D eigenvalue weighted by molar-refractivity contribution is 7.89. The summed E-state index contributed by atoms with van der Waals surface area (Å²) in [6, 6.07) is 11.4. The Morgan fingerprint density at radius 3 is 2.09 bits per heavy atom. The average molecular weight is 507 g/mol. The van der Waals surface area contributed by atoms with Gasteiger partial charge in [0.2, 0.25) is 10.0 Å². The zero-order chi connectivity index (χ0) is 25.0. The molecule has 0 spiro atoms. The monoisotopic (exact) mass is 506 g/mol. The third-order valence-corrected chi connectivity index (χ3v) is 7.95. The van der Waals surface area contributed by atoms with Crippen LogP contribution in [0.4, 0.5) is 22.7 Å². The molecule has 0 radical (unpaired) electrons. The number of halogens is 1. The number of phenols is 1. The predicted molar refractivity (Wildman–Crippen MR) is 135 cm³/mol. The summed E-state index contributed by atoms with van der Waals surface area (Å²) < 4.78 is 27.5. The number of benzene rings is 2. The van der Waals surface area contributed by atoms with E-state index in [0.29, 0.717) is 12.2 Å². The number of sulfonamides is 1. The topological polar surface area (TPSA) is 119 Å². The Morgan fingerprint density at radius 1 is 0.912 bits per heavy atom. The molecule has 0 atom stereocenters. The molecule has 0 saturated heterocycles. The molecule has 34 heavy (non-hydrogen) atoms. The zero-order valence-electron chi connectivity index (χ0n) is 19.1. The van der Waals surface area contributed by atoms with Crippen molar-refractivity contribution in [2.75, 3.05) is 43.9 Å². The number of para-hydroxylation sites is 1. The van der Waals surface area contributed by atoms with Crippen LogP contribution in [0.3, 0.4) is 0 Å². The third kappa shape index (κ3) is 5.10. The summed E-state index contributed by atoms with van der Waals surface area (Å²) in [5, 5.41) is 16.2. The van der Waals surface area contributed by atoms with E-state index in [4.69, 9.17) is 11.6 Å². The highest BCUT2D eigenvalue weighted by Gasteiger charge is 2.30. The Hall–Kier alpha value is -2.92. The molecule has 0 aliphatic carbocycles. The number of likely N-dealkylation sites (N-methyl/N-ethyl adjacent to an activating group) is 2. The van der Waals surface area contributed by atoms with Crippen LogP contribution in [0.15, 0.2) is 56.9 Å². The summed E-state index contributed by atoms with van der Waals surface area (Å²) in [6.45, 7) is 6.22. The van der Waals surface area contributed by atoms with Crippen molar-refractivity contribution in [3.63, 3.8) is 0 Å². The number of hydrogen-bond acceptors (Lipinski definition) is 8. The Balaban J connectivity index is 1.90. The minimum Gasteiger partial charge on any atom is -0.504 e. The number of nitrogens with zero attached hydrogens (tertiary/aromatic N) is 2. The van der Waals surface area contributed by atoms with Gasteiger partial charge in [-0.3, -0.25) is 9.59 Å². The number of aromatic hydroxyl groups is 1. The van der Waals surface area contributed by atoms with E-state index in [1.807, 2.05) is 13.8 Å². The molecule has 0 heterocycles. The molecule has 0 aliphatic rings. The first-order valence-corrected chi connectivity index (χ1v) is 12.6. The standard InChI is InChI=1S/C23H27ClN4O5S/c1-4-28(5-2)14-13-27(3)34(32,33)23-16(24)11-12-17(20(23)29)26-19-18(21(30)22(19)31)25-15-9-7-6-8-10-15/h6-12,25-26,29H,4-5,13-14H2,1-3H3. The fourth-order valence-electron chi connectivity index (χ4n) is 3.42. The van der Waals surface area contributed by atoms with E-state index in [0.717, 1.165) is 17.4 Å². The van der Waals surface area contributed by atoms with Gasteiger partial charge in [0.1, 0.15) is 16.3 Å². The molecular formula is C23H27ClN4O5S. The first-order chi connectivity index (χ1) is 16.1. The Labute approximate surface area is 203 Å². The van der Waals surface area contributed by atoms with Crippen LogP contribution in [0, 0.1) is 0 Å². The van der Waals surface area contributed by atoms with Crippen LogP contribution in [0.5, 0.6) is 5.75 Å². The molecule has 0 aliphatic heterocycles. The Bertz CT molecular complexity index is 1330. The van der Waals surface area contributed by atoms with Crippen molar-refractivity contribution < 1.29 is 13.5 Å². The van der Waals surface area contributed by atoms with E-state index in [9.17, 15) is 23.1 Å². The van der Waals surface area contributed by atoms with Gasteiger partial charge in [-0.05, 0) is 37.4 Å². The van der Waals surface area contributed by atoms with E-state index in [-0.39, 0.29) is 28.6 Å². The van der Waals surface area contributed by atoms with Gasteiger partial charge in [0.05, 0.1) is 10.7 Å². The predicted octanol–water partition coefficient (Wildman–Crippen LogP) is 3.09. The summed E-state index contributed by atoms with van der Waals surface area (Å²) in [7, 11) is -2.73. The molecule has 182 valence electrons. The lowest BCUT2D eigenvalue weighted by molar-refractivity contribution is 0.282. The maximum Gasteiger partial charge on any atom is 0.253 e. The molecule has 3 aromatic carbocycles. The van der Waals surface area contributed by atoms with Crippen molar-refractivity contribution in [2.45, 2.75) is 18.7 Å². The van der Waals surface area contributed by atoms with Crippen molar-refractivity contribution >= 4 is 44.4 Å². The summed E-state index contributed by atoms with van der Waals surface area (Å²) in [5.41, 5.74) is -1.03. The van der Waals surface area contributed by atoms with Gasteiger partial charge in [0.25, 0.3) is 10.9 Å². The summed E-state index contributed by atoms with van der Waals surface area (Å²) >= 11 is 6.17. The molecule has 0 bridgehead atoms. The maximum atomic E-state index is 13.2. The molecule has 0 amide bonds. The summed E-state index contributed by atoms with van der Waals surface area (Å²) in [4.78, 5) is 25.9. The summed E-state index contributed by atoms with van der Waals surface area (Å²) in [6.07, 6.45) is 0. The number of anilines is 4. The minimum atomic E-state index is -4.14. The van der Waals surface area contributed by atoms with Gasteiger partial charge in [0, 0.05) is 25.8 Å². The second kappa shape index (κ2) is 10.6. The number of nitrogens with one attached hydrogen (secondary N) is 2. The number of rotatable bonds is 11. The van der Waals surface area contributed by atoms with Crippen molar-refractivity contribution in [2.24, 2.45) is 0 Å². The van der Waals surface area contributed by atoms with E-state index in [1.54, 1.807) is 30.3 Å². The molecular weight excluding hydrogens is 480 g/mol. The average Bonchev–Trinajstić information content (AvgIpc) is 2.83. The first-order valence-electron chi connectivity index (χ1n) is 10.7. The van der Waals surface area contributed by atoms with Gasteiger partial charge in [-0.15, -0.1) is 0 Å². The molecule has 0 aromatic heterocycles. The van der Waals surface area contributed by atoms with Crippen LogP contribution in [0.25, 0.3) is 0 Å². The van der Waals surface area contributed by atoms with Gasteiger partial charge in [-0.1, -0.05) is 43.6 Å². The first kappa shape index (κ1) is 25.7. The van der Waals surface area contributed by atoms with Gasteiger partial charge in [-0.25, -0.2) is 8.42 Å². The lowest BCUT2D eigenvalue weighted by Gasteiger charge is -2.24. The van der Waals surface area contributed by atoms with Gasteiger partial charge >= 0.3 is 0 Å². The quantitative estimate of drug-likeness (QED) is 0.268. The van der Waals surface area contributed by atoms with Crippen molar-refractivity contribution in [1.29, 1.82) is 0 Å². The van der Waals surface area contributed by atoms with Crippen LogP contribution in [-0.4, -0.2) is 56.0 Å². The van der Waals surface area contributed by atoms with Crippen LogP contribution in [-0.2, 0) is 10.0 Å². The number of hydrogen-bond donors (Lipinski definition) is 3. The lowest BCUT2D eigenvalue weighted by atomic mass is 10.1. The highest BCUT2D eigenvalue weighted by atomic mass is 35.5. The van der Waals surface area contributed by atoms with Crippen molar-refractivity contribution in [3.8, 4) is 5.75 Å². The second-order valence-electron chi connectivity index (χ2n) is 7.65. The normalized spacial score (nSPS) is 11.9. The van der Waals surface area contributed by atoms with E-state index in [1.165, 1.54) is 19.2 Å². The van der Waals surface area contributed by atoms with Crippen LogP contribution in [0.2, 0.25) is 5.02 Å². The van der Waals surface area contributed by atoms with Crippen LogP contribution >= 0.6 is 11.6 Å². The van der Waals surface area contributed by atoms with Crippen LogP contribution in [0.1, 0.15) is 13.8 Å². The second-order valence-corrected chi connectivity index (χ2v) is 10.0. The van der Waals surface area contributed by atoms with Crippen molar-refractivity contribution in [1.82, 2.24) is 9.21 Å². The molecule has 9 nitrogen and oxygen atoms in total. The third-order valence-electron chi connectivity index (χ3n) is 5.59. The molecule has 0 unspecified atom stereocenters. The largest absolute Gasteiger partial charge is 0.504 e. The molecule has 11 heteroatoms. The zero-order valence-corrected chi connectivity index (χ0v) is 20.7. The highest BCUT2D eigenvalue weighted by Crippen LogP contribution is 2.40. The molecule has 3 aromatic rings. The lowest BCUT2D eigenvalue weighted by Crippen LogP contribution is -2.36.